The van der Waals surface area contributed by atoms with E-state index in [1.54, 1.807) is 24.8 Å². The highest BCUT2D eigenvalue weighted by Crippen LogP contribution is 2.26. The highest BCUT2D eigenvalue weighted by Gasteiger charge is 2.26. The molecule has 1 amide bonds. The van der Waals surface area contributed by atoms with Gasteiger partial charge in [0, 0.05) is 31.1 Å². The summed E-state index contributed by atoms with van der Waals surface area (Å²) in [5.74, 6) is 0.999. The molecule has 0 radical (unpaired) electrons. The van der Waals surface area contributed by atoms with Gasteiger partial charge < -0.3 is 14.2 Å². The Morgan fingerprint density at radius 3 is 2.82 bits per heavy atom. The molecule has 1 aliphatic rings. The van der Waals surface area contributed by atoms with Gasteiger partial charge in [-0.15, -0.1) is 21.5 Å². The summed E-state index contributed by atoms with van der Waals surface area (Å²) in [7, 11) is 1.66. The highest BCUT2D eigenvalue weighted by atomic mass is 32.1. The Balaban J connectivity index is 1.62. The third-order valence-corrected chi connectivity index (χ3v) is 5.01. The van der Waals surface area contributed by atoms with Crippen LogP contribution < -0.4 is 0 Å². The average Bonchev–Trinajstić information content (AvgIpc) is 3.16. The molecule has 0 bridgehead atoms. The standard InChI is InChI=1S/C15H20N4O2S/c1-11-3-4-13(22-11)15(20)18-7-5-12(6-8-18)19-10-16-17-14(19)9-21-2/h3-4,10,12H,5-9H2,1-2H3. The minimum absolute atomic E-state index is 0.150. The minimum Gasteiger partial charge on any atom is -0.377 e. The smallest absolute Gasteiger partial charge is 0.263 e. The molecule has 3 heterocycles. The number of carbonyl (C=O) groups excluding carboxylic acids is 1. The van der Waals surface area contributed by atoms with Gasteiger partial charge in [0.15, 0.2) is 5.82 Å². The third-order valence-electron chi connectivity index (χ3n) is 4.02. The van der Waals surface area contributed by atoms with Gasteiger partial charge in [-0.3, -0.25) is 4.79 Å². The van der Waals surface area contributed by atoms with E-state index < -0.39 is 0 Å². The van der Waals surface area contributed by atoms with Crippen molar-refractivity contribution in [1.82, 2.24) is 19.7 Å². The molecule has 7 heteroatoms. The van der Waals surface area contributed by atoms with Crippen LogP contribution in [-0.4, -0.2) is 45.8 Å². The van der Waals surface area contributed by atoms with Gasteiger partial charge in [0.2, 0.25) is 0 Å². The number of methoxy groups -OCH3 is 1. The van der Waals surface area contributed by atoms with Crippen molar-refractivity contribution in [2.75, 3.05) is 20.2 Å². The number of ether oxygens (including phenoxy) is 1. The number of aryl methyl sites for hydroxylation is 1. The molecule has 0 N–H and O–H groups in total. The third kappa shape index (κ3) is 3.05. The second kappa shape index (κ2) is 6.58. The maximum atomic E-state index is 12.5. The first-order chi connectivity index (χ1) is 10.7. The number of carbonyl (C=O) groups is 1. The molecule has 0 atom stereocenters. The van der Waals surface area contributed by atoms with Gasteiger partial charge in [-0.25, -0.2) is 0 Å². The Morgan fingerprint density at radius 2 is 2.18 bits per heavy atom. The summed E-state index contributed by atoms with van der Waals surface area (Å²) in [5, 5.41) is 8.07. The van der Waals surface area contributed by atoms with Crippen LogP contribution in [0.1, 0.15) is 39.3 Å². The molecule has 0 aliphatic carbocycles. The number of hydrogen-bond donors (Lipinski definition) is 0. The average molecular weight is 320 g/mol. The Kier molecular flexibility index (Phi) is 4.54. The monoisotopic (exact) mass is 320 g/mol. The zero-order chi connectivity index (χ0) is 15.5. The number of piperidine rings is 1. The lowest BCUT2D eigenvalue weighted by molar-refractivity contribution is 0.0695. The van der Waals surface area contributed by atoms with Gasteiger partial charge >= 0.3 is 0 Å². The molecule has 1 aliphatic heterocycles. The largest absolute Gasteiger partial charge is 0.377 e. The molecule has 22 heavy (non-hydrogen) atoms. The predicted molar refractivity (Wildman–Crippen MR) is 84.0 cm³/mol. The van der Waals surface area contributed by atoms with Crippen LogP contribution in [0.3, 0.4) is 0 Å². The van der Waals surface area contributed by atoms with Crippen LogP contribution in [0.15, 0.2) is 18.5 Å². The fourth-order valence-electron chi connectivity index (χ4n) is 2.86. The number of rotatable bonds is 4. The summed E-state index contributed by atoms with van der Waals surface area (Å²) < 4.78 is 7.23. The van der Waals surface area contributed by atoms with Crippen LogP contribution in [0.25, 0.3) is 0 Å². The topological polar surface area (TPSA) is 60.3 Å². The molecule has 118 valence electrons. The molecular formula is C15H20N4O2S. The summed E-state index contributed by atoms with van der Waals surface area (Å²) in [4.78, 5) is 16.4. The highest BCUT2D eigenvalue weighted by molar-refractivity contribution is 7.13. The van der Waals surface area contributed by atoms with E-state index in [-0.39, 0.29) is 5.91 Å². The molecule has 0 aromatic carbocycles. The molecule has 1 fully saturated rings. The van der Waals surface area contributed by atoms with Gasteiger partial charge in [0.05, 0.1) is 4.88 Å². The van der Waals surface area contributed by atoms with E-state index in [9.17, 15) is 4.79 Å². The van der Waals surface area contributed by atoms with Crippen molar-refractivity contribution >= 4 is 17.2 Å². The van der Waals surface area contributed by atoms with Crippen molar-refractivity contribution < 1.29 is 9.53 Å². The Hall–Kier alpha value is -1.73. The quantitative estimate of drug-likeness (QED) is 0.867. The first-order valence-electron chi connectivity index (χ1n) is 7.42. The van der Waals surface area contributed by atoms with Crippen LogP contribution in [0.2, 0.25) is 0 Å². The van der Waals surface area contributed by atoms with Crippen LogP contribution in [0, 0.1) is 6.92 Å². The summed E-state index contributed by atoms with van der Waals surface area (Å²) in [6, 6.07) is 4.26. The molecular weight excluding hydrogens is 300 g/mol. The summed E-state index contributed by atoms with van der Waals surface area (Å²) in [5.41, 5.74) is 0. The maximum Gasteiger partial charge on any atom is 0.263 e. The van der Waals surface area contributed by atoms with Crippen molar-refractivity contribution in [2.24, 2.45) is 0 Å². The van der Waals surface area contributed by atoms with Crippen molar-refractivity contribution in [2.45, 2.75) is 32.4 Å². The lowest BCUT2D eigenvalue weighted by Gasteiger charge is -2.32. The van der Waals surface area contributed by atoms with E-state index in [0.717, 1.165) is 36.6 Å². The van der Waals surface area contributed by atoms with Crippen molar-refractivity contribution in [3.63, 3.8) is 0 Å². The Bertz CT molecular complexity index is 644. The molecule has 2 aromatic heterocycles. The number of nitrogens with zero attached hydrogens (tertiary/aromatic N) is 4. The van der Waals surface area contributed by atoms with E-state index in [0.29, 0.717) is 12.6 Å². The number of amides is 1. The molecule has 0 unspecified atom stereocenters. The van der Waals surface area contributed by atoms with Crippen molar-refractivity contribution in [3.05, 3.63) is 34.0 Å². The summed E-state index contributed by atoms with van der Waals surface area (Å²) in [6.07, 6.45) is 3.61. The SMILES string of the molecule is COCc1nncn1C1CCN(C(=O)c2ccc(C)s2)CC1. The lowest BCUT2D eigenvalue weighted by atomic mass is 10.0. The molecule has 0 spiro atoms. The number of likely N-dealkylation sites (tertiary alicyclic amines) is 1. The predicted octanol–water partition coefficient (Wildman–Crippen LogP) is 2.27. The fourth-order valence-corrected chi connectivity index (χ4v) is 3.69. The van der Waals surface area contributed by atoms with Crippen LogP contribution in [0.4, 0.5) is 0 Å². The van der Waals surface area contributed by atoms with Crippen molar-refractivity contribution in [3.8, 4) is 0 Å². The van der Waals surface area contributed by atoms with E-state index in [2.05, 4.69) is 14.8 Å². The van der Waals surface area contributed by atoms with E-state index in [4.69, 9.17) is 4.74 Å². The van der Waals surface area contributed by atoms with Crippen LogP contribution >= 0.6 is 11.3 Å². The zero-order valence-electron chi connectivity index (χ0n) is 12.9. The summed E-state index contributed by atoms with van der Waals surface area (Å²) in [6.45, 7) is 4.03. The van der Waals surface area contributed by atoms with Gasteiger partial charge in [-0.2, -0.15) is 0 Å². The van der Waals surface area contributed by atoms with Crippen LogP contribution in [-0.2, 0) is 11.3 Å². The van der Waals surface area contributed by atoms with Gasteiger partial charge in [-0.05, 0) is 31.9 Å². The number of hydrogen-bond acceptors (Lipinski definition) is 5. The maximum absolute atomic E-state index is 12.5. The molecule has 2 aromatic rings. The van der Waals surface area contributed by atoms with Crippen LogP contribution in [0.5, 0.6) is 0 Å². The van der Waals surface area contributed by atoms with Gasteiger partial charge in [0.25, 0.3) is 5.91 Å². The Labute approximate surface area is 133 Å². The molecule has 1 saturated heterocycles. The summed E-state index contributed by atoms with van der Waals surface area (Å²) >= 11 is 1.56. The van der Waals surface area contributed by atoms with E-state index >= 15 is 0 Å². The first-order valence-corrected chi connectivity index (χ1v) is 8.23. The molecule has 0 saturated carbocycles. The normalized spacial score (nSPS) is 16.2. The lowest BCUT2D eigenvalue weighted by Crippen LogP contribution is -2.39. The second-order valence-corrected chi connectivity index (χ2v) is 6.81. The minimum atomic E-state index is 0.150. The first kappa shape index (κ1) is 15.2. The molecule has 3 rings (SSSR count). The zero-order valence-corrected chi connectivity index (χ0v) is 13.7. The Morgan fingerprint density at radius 1 is 1.41 bits per heavy atom. The number of thiophene rings is 1. The van der Waals surface area contributed by atoms with Gasteiger partial charge in [0.1, 0.15) is 12.9 Å². The van der Waals surface area contributed by atoms with Gasteiger partial charge in [-0.1, -0.05) is 0 Å². The van der Waals surface area contributed by atoms with E-state index in [1.165, 1.54) is 4.88 Å². The second-order valence-electron chi connectivity index (χ2n) is 5.52. The number of aromatic nitrogens is 3. The fraction of sp³-hybridized carbons (Fsp3) is 0.533. The van der Waals surface area contributed by atoms with E-state index in [1.807, 2.05) is 24.0 Å². The van der Waals surface area contributed by atoms with Crippen molar-refractivity contribution in [1.29, 1.82) is 0 Å². The molecule has 6 nitrogen and oxygen atoms in total.